The van der Waals surface area contributed by atoms with Crippen molar-refractivity contribution in [1.82, 2.24) is 30.8 Å². The molecule has 0 atom stereocenters. The van der Waals surface area contributed by atoms with Crippen LogP contribution in [0.4, 0.5) is 0 Å². The summed E-state index contributed by atoms with van der Waals surface area (Å²) in [5.74, 6) is 0. The van der Waals surface area contributed by atoms with E-state index in [0.29, 0.717) is 0 Å². The van der Waals surface area contributed by atoms with Crippen molar-refractivity contribution in [2.24, 2.45) is 0 Å². The number of hydrogen-bond donors (Lipinski definition) is 2. The molecule has 4 rings (SSSR count). The minimum atomic E-state index is 0.857. The lowest BCUT2D eigenvalue weighted by atomic mass is 10.1. The Hall–Kier alpha value is -2.50. The van der Waals surface area contributed by atoms with Crippen LogP contribution in [0.3, 0.4) is 0 Å². The summed E-state index contributed by atoms with van der Waals surface area (Å²) in [7, 11) is 0. The van der Waals surface area contributed by atoms with E-state index in [0.717, 1.165) is 32.8 Å². The van der Waals surface area contributed by atoms with Crippen molar-refractivity contribution < 1.29 is 0 Å². The van der Waals surface area contributed by atoms with E-state index in [1.54, 1.807) is 0 Å². The van der Waals surface area contributed by atoms with E-state index >= 15 is 0 Å². The molecule has 0 saturated carbocycles. The maximum absolute atomic E-state index is 4.06. The lowest BCUT2D eigenvalue weighted by Crippen LogP contribution is -1.76. The van der Waals surface area contributed by atoms with Crippen molar-refractivity contribution in [2.45, 2.75) is 0 Å². The quantitative estimate of drug-likeness (QED) is 0.459. The third kappa shape index (κ3) is 0.902. The van der Waals surface area contributed by atoms with Gasteiger partial charge in [-0.25, -0.2) is 0 Å². The molecule has 0 aliphatic carbocycles. The molecule has 0 spiro atoms. The van der Waals surface area contributed by atoms with Crippen LogP contribution < -0.4 is 0 Å². The van der Waals surface area contributed by atoms with Crippen molar-refractivity contribution in [3.8, 4) is 0 Å². The minimum Gasteiger partial charge on any atom is -0.258 e. The molecule has 16 heavy (non-hydrogen) atoms. The second-order valence-electron chi connectivity index (χ2n) is 3.69. The van der Waals surface area contributed by atoms with Gasteiger partial charge in [-0.05, 0) is 35.0 Å². The minimum absolute atomic E-state index is 0.857. The molecular weight excluding hydrogens is 204 g/mol. The number of fused-ring (bicyclic) bond motifs is 3. The molecule has 6 heteroatoms. The molecule has 76 valence electrons. The van der Waals surface area contributed by atoms with Gasteiger partial charge in [-0.2, -0.15) is 15.4 Å². The Morgan fingerprint density at radius 1 is 0.812 bits per heavy atom. The second kappa shape index (κ2) is 2.54. The van der Waals surface area contributed by atoms with E-state index in [4.69, 9.17) is 0 Å². The summed E-state index contributed by atoms with van der Waals surface area (Å²) in [6.07, 6.45) is 0. The third-order valence-corrected chi connectivity index (χ3v) is 2.72. The lowest BCUT2D eigenvalue weighted by Gasteiger charge is -1.96. The zero-order chi connectivity index (χ0) is 10.5. The van der Waals surface area contributed by atoms with Gasteiger partial charge in [-0.15, -0.1) is 5.10 Å². The zero-order valence-electron chi connectivity index (χ0n) is 8.10. The summed E-state index contributed by atoms with van der Waals surface area (Å²) in [6, 6.07) is 7.98. The van der Waals surface area contributed by atoms with Gasteiger partial charge in [0, 0.05) is 0 Å². The first-order chi connectivity index (χ1) is 7.90. The van der Waals surface area contributed by atoms with E-state index < -0.39 is 0 Å². The van der Waals surface area contributed by atoms with E-state index in [-0.39, 0.29) is 0 Å². The van der Waals surface area contributed by atoms with Crippen molar-refractivity contribution in [3.05, 3.63) is 24.3 Å². The molecule has 0 unspecified atom stereocenters. The fraction of sp³-hybridized carbons (Fsp3) is 0. The topological polar surface area (TPSA) is 83.1 Å². The van der Waals surface area contributed by atoms with Gasteiger partial charge in [-0.1, -0.05) is 5.21 Å². The summed E-state index contributed by atoms with van der Waals surface area (Å²) in [5, 5.41) is 23.5. The fourth-order valence-electron chi connectivity index (χ4n) is 1.93. The number of aromatic amines is 2. The molecule has 2 aromatic carbocycles. The van der Waals surface area contributed by atoms with Crippen molar-refractivity contribution in [3.63, 3.8) is 0 Å². The van der Waals surface area contributed by atoms with E-state index in [2.05, 4.69) is 30.8 Å². The summed E-state index contributed by atoms with van der Waals surface area (Å²) in [4.78, 5) is 0. The molecule has 0 radical (unpaired) electrons. The predicted octanol–water partition coefficient (Wildman–Crippen LogP) is 1.38. The molecule has 6 nitrogen and oxygen atoms in total. The number of rotatable bonds is 0. The van der Waals surface area contributed by atoms with Crippen molar-refractivity contribution in [1.29, 1.82) is 0 Å². The van der Waals surface area contributed by atoms with E-state index in [1.165, 1.54) is 0 Å². The van der Waals surface area contributed by atoms with Crippen LogP contribution in [-0.2, 0) is 0 Å². The summed E-state index contributed by atoms with van der Waals surface area (Å²) in [5.41, 5.74) is 3.50. The fourth-order valence-corrected chi connectivity index (χ4v) is 1.93. The molecule has 2 heterocycles. The monoisotopic (exact) mass is 210 g/mol. The van der Waals surface area contributed by atoms with Crippen molar-refractivity contribution >= 4 is 32.8 Å². The molecule has 0 bridgehead atoms. The first kappa shape index (κ1) is 7.75. The molecule has 0 aliphatic heterocycles. The van der Waals surface area contributed by atoms with Gasteiger partial charge in [0.05, 0.1) is 5.52 Å². The lowest BCUT2D eigenvalue weighted by molar-refractivity contribution is 0.959. The predicted molar refractivity (Wildman–Crippen MR) is 58.8 cm³/mol. The number of H-pyrrole nitrogens is 2. The Bertz CT molecular complexity index is 682. The Morgan fingerprint density at radius 2 is 1.50 bits per heavy atom. The van der Waals surface area contributed by atoms with Crippen LogP contribution >= 0.6 is 0 Å². The molecule has 0 amide bonds. The number of nitrogens with one attached hydrogen (secondary N) is 2. The summed E-state index contributed by atoms with van der Waals surface area (Å²) < 4.78 is 0. The van der Waals surface area contributed by atoms with Gasteiger partial charge in [0.2, 0.25) is 0 Å². The van der Waals surface area contributed by atoms with Crippen LogP contribution in [0.5, 0.6) is 0 Å². The van der Waals surface area contributed by atoms with Crippen LogP contribution in [0, 0.1) is 0 Å². The van der Waals surface area contributed by atoms with Gasteiger partial charge < -0.3 is 0 Å². The van der Waals surface area contributed by atoms with Crippen LogP contribution in [0.15, 0.2) is 24.3 Å². The molecule has 0 saturated heterocycles. The Labute approximate surface area is 88.6 Å². The van der Waals surface area contributed by atoms with Crippen LogP contribution in [0.1, 0.15) is 0 Å². The number of benzene rings is 2. The molecule has 2 N–H and O–H groups in total. The van der Waals surface area contributed by atoms with E-state index in [1.807, 2.05) is 24.3 Å². The average molecular weight is 210 g/mol. The SMILES string of the molecule is c1c2cc3nn[nH]c3cc2cc2n[nH]nc12. The van der Waals surface area contributed by atoms with Gasteiger partial charge in [0.25, 0.3) is 0 Å². The summed E-state index contributed by atoms with van der Waals surface area (Å²) in [6.45, 7) is 0. The van der Waals surface area contributed by atoms with Gasteiger partial charge in [-0.3, -0.25) is 5.10 Å². The second-order valence-corrected chi connectivity index (χ2v) is 3.69. The zero-order valence-corrected chi connectivity index (χ0v) is 8.10. The Balaban J connectivity index is 2.26. The highest BCUT2D eigenvalue weighted by Gasteiger charge is 2.04. The first-order valence-electron chi connectivity index (χ1n) is 4.85. The van der Waals surface area contributed by atoms with Crippen LogP contribution in [-0.4, -0.2) is 30.8 Å². The van der Waals surface area contributed by atoms with E-state index in [9.17, 15) is 0 Å². The maximum atomic E-state index is 4.06. The standard InChI is InChI=1S/C10H6N6/c1-5-2-9-10(14-16-13-9)4-6(5)3-8-7(1)11-15-12-8/h1-4H,(H,11,12,15)(H,13,14,16). The Morgan fingerprint density at radius 3 is 2.31 bits per heavy atom. The molecule has 0 aliphatic rings. The number of aromatic nitrogens is 6. The Kier molecular flexibility index (Phi) is 1.23. The van der Waals surface area contributed by atoms with Gasteiger partial charge in [0.15, 0.2) is 0 Å². The molecular formula is C10H6N6. The van der Waals surface area contributed by atoms with Crippen LogP contribution in [0.25, 0.3) is 32.8 Å². The number of hydrogen-bond acceptors (Lipinski definition) is 4. The largest absolute Gasteiger partial charge is 0.258 e. The molecule has 4 aromatic rings. The molecule has 0 fully saturated rings. The summed E-state index contributed by atoms with van der Waals surface area (Å²) >= 11 is 0. The van der Waals surface area contributed by atoms with Crippen molar-refractivity contribution in [2.75, 3.05) is 0 Å². The normalized spacial score (nSPS) is 11.8. The van der Waals surface area contributed by atoms with Crippen LogP contribution in [0.2, 0.25) is 0 Å². The smallest absolute Gasteiger partial charge is 0.113 e. The highest BCUT2D eigenvalue weighted by Crippen LogP contribution is 2.23. The van der Waals surface area contributed by atoms with Gasteiger partial charge >= 0.3 is 0 Å². The highest BCUT2D eigenvalue weighted by molar-refractivity contribution is 6.00. The third-order valence-electron chi connectivity index (χ3n) is 2.72. The highest BCUT2D eigenvalue weighted by atomic mass is 15.3. The first-order valence-corrected chi connectivity index (χ1v) is 4.85. The maximum Gasteiger partial charge on any atom is 0.113 e. The number of nitrogens with zero attached hydrogens (tertiary/aromatic N) is 4. The average Bonchev–Trinajstić information content (AvgIpc) is 2.89. The molecule has 2 aromatic heterocycles. The van der Waals surface area contributed by atoms with Gasteiger partial charge in [0.1, 0.15) is 16.6 Å².